The lowest BCUT2D eigenvalue weighted by molar-refractivity contribution is -0.0373. The van der Waals surface area contributed by atoms with Gasteiger partial charge in [0, 0.05) is 42.6 Å². The summed E-state index contributed by atoms with van der Waals surface area (Å²) in [7, 11) is 0. The van der Waals surface area contributed by atoms with Crippen LogP contribution in [0.15, 0.2) is 16.5 Å². The van der Waals surface area contributed by atoms with Crippen LogP contribution in [-0.4, -0.2) is 47.7 Å². The molecule has 0 bridgehead atoms. The van der Waals surface area contributed by atoms with Crippen molar-refractivity contribution in [3.63, 3.8) is 0 Å². The van der Waals surface area contributed by atoms with Gasteiger partial charge in [0.2, 0.25) is 0 Å². The maximum Gasteiger partial charge on any atom is 0.287 e. The number of nitrogens with zero attached hydrogens (tertiary/aromatic N) is 1. The summed E-state index contributed by atoms with van der Waals surface area (Å²) in [6.07, 6.45) is 7.76. The molecule has 1 aromatic heterocycles. The second-order valence-corrected chi connectivity index (χ2v) is 11.3. The summed E-state index contributed by atoms with van der Waals surface area (Å²) >= 11 is 0. The van der Waals surface area contributed by atoms with Gasteiger partial charge in [-0.3, -0.25) is 4.79 Å². The van der Waals surface area contributed by atoms with E-state index < -0.39 is 6.10 Å². The molecule has 3 heterocycles. The van der Waals surface area contributed by atoms with Crippen molar-refractivity contribution in [2.24, 2.45) is 11.8 Å². The highest BCUT2D eigenvalue weighted by Gasteiger charge is 2.42. The smallest absolute Gasteiger partial charge is 0.287 e. The molecule has 34 heavy (non-hydrogen) atoms. The number of carbonyl (C=O) groups excluding carboxylic acids is 1. The monoisotopic (exact) mass is 468 g/mol. The van der Waals surface area contributed by atoms with Crippen LogP contribution in [0.5, 0.6) is 5.75 Å². The third kappa shape index (κ3) is 4.59. The van der Waals surface area contributed by atoms with E-state index in [9.17, 15) is 9.90 Å². The Morgan fingerprint density at radius 3 is 2.65 bits per heavy atom. The molecule has 1 aromatic carbocycles. The first-order chi connectivity index (χ1) is 16.3. The zero-order valence-electron chi connectivity index (χ0n) is 21.0. The van der Waals surface area contributed by atoms with Crippen LogP contribution in [0.2, 0.25) is 0 Å². The van der Waals surface area contributed by atoms with Gasteiger partial charge in [0.05, 0.1) is 6.10 Å². The number of furan rings is 1. The number of hydrogen-bond donors (Lipinski definition) is 2. The summed E-state index contributed by atoms with van der Waals surface area (Å²) in [6.45, 7) is 10.5. The van der Waals surface area contributed by atoms with Crippen molar-refractivity contribution in [3.05, 3.63) is 29.0 Å². The van der Waals surface area contributed by atoms with E-state index >= 15 is 0 Å². The van der Waals surface area contributed by atoms with Crippen molar-refractivity contribution in [1.82, 2.24) is 10.2 Å². The van der Waals surface area contributed by atoms with Gasteiger partial charge in [0.25, 0.3) is 5.91 Å². The molecule has 186 valence electrons. The predicted molar refractivity (Wildman–Crippen MR) is 133 cm³/mol. The number of amides is 1. The summed E-state index contributed by atoms with van der Waals surface area (Å²) in [5.74, 6) is 2.39. The average molecular weight is 469 g/mol. The summed E-state index contributed by atoms with van der Waals surface area (Å²) < 4.78 is 12.5. The molecule has 0 unspecified atom stereocenters. The van der Waals surface area contributed by atoms with E-state index in [1.165, 1.54) is 12.8 Å². The largest absolute Gasteiger partial charge is 0.487 e. The van der Waals surface area contributed by atoms with Gasteiger partial charge in [-0.25, -0.2) is 0 Å². The normalized spacial score (nSPS) is 26.9. The Morgan fingerprint density at radius 1 is 1.18 bits per heavy atom. The van der Waals surface area contributed by atoms with Crippen molar-refractivity contribution < 1.29 is 19.1 Å². The zero-order valence-corrected chi connectivity index (χ0v) is 21.0. The fourth-order valence-corrected chi connectivity index (χ4v) is 6.78. The van der Waals surface area contributed by atoms with E-state index in [4.69, 9.17) is 9.15 Å². The molecule has 1 aliphatic carbocycles. The molecular formula is C28H40N2O4. The standard InChI is InChI=1S/C28H40N2O4/c1-18-14-19(2)17-30(16-18)13-7-12-29-27(32)26-20(3)24-22(33-26)8-9-23-25(24)21(31)15-28(34-23)10-5-4-6-11-28/h8-9,18-19,21,31H,4-7,10-17H2,1-3H3,(H,29,32)/t18-,19-,21-/m1/s1. The number of aryl methyl sites for hydroxylation is 1. The van der Waals surface area contributed by atoms with E-state index in [-0.39, 0.29) is 11.5 Å². The van der Waals surface area contributed by atoms with E-state index in [1.54, 1.807) is 0 Å². The molecule has 1 saturated heterocycles. The molecular weight excluding hydrogens is 428 g/mol. The van der Waals surface area contributed by atoms with Crippen LogP contribution in [-0.2, 0) is 0 Å². The number of fused-ring (bicyclic) bond motifs is 3. The Kier molecular flexibility index (Phi) is 6.64. The van der Waals surface area contributed by atoms with Gasteiger partial charge in [-0.1, -0.05) is 20.3 Å². The van der Waals surface area contributed by atoms with Gasteiger partial charge >= 0.3 is 0 Å². The van der Waals surface area contributed by atoms with Crippen molar-refractivity contribution in [1.29, 1.82) is 0 Å². The van der Waals surface area contributed by atoms with Crippen molar-refractivity contribution in [2.75, 3.05) is 26.2 Å². The lowest BCUT2D eigenvalue weighted by atomic mass is 9.77. The maximum atomic E-state index is 13.0. The molecule has 1 amide bonds. The number of nitrogens with one attached hydrogen (secondary N) is 1. The number of rotatable bonds is 5. The van der Waals surface area contributed by atoms with E-state index in [0.29, 0.717) is 24.3 Å². The highest BCUT2D eigenvalue weighted by atomic mass is 16.5. The number of aliphatic hydroxyl groups is 1. The quantitative estimate of drug-likeness (QED) is 0.578. The lowest BCUT2D eigenvalue weighted by Crippen LogP contribution is -2.42. The topological polar surface area (TPSA) is 74.9 Å². The van der Waals surface area contributed by atoms with Gasteiger partial charge in [-0.05, 0) is 76.0 Å². The van der Waals surface area contributed by atoms with Crippen LogP contribution in [0.4, 0.5) is 0 Å². The lowest BCUT2D eigenvalue weighted by Gasteiger charge is -2.43. The number of benzene rings is 1. The van der Waals surface area contributed by atoms with Crippen LogP contribution in [0.1, 0.15) is 93.0 Å². The Balaban J connectivity index is 1.27. The minimum atomic E-state index is -0.605. The SMILES string of the molecule is Cc1c(C(=O)NCCCN2C[C@H](C)C[C@@H](C)C2)oc2ccc3c(c12)[C@H](O)CC1(CCCCC1)O3. The second-order valence-electron chi connectivity index (χ2n) is 11.3. The average Bonchev–Trinajstić information content (AvgIpc) is 3.13. The van der Waals surface area contributed by atoms with Gasteiger partial charge in [-0.15, -0.1) is 0 Å². The number of likely N-dealkylation sites (tertiary alicyclic amines) is 1. The molecule has 3 atom stereocenters. The molecule has 2 N–H and O–H groups in total. The molecule has 0 radical (unpaired) electrons. The molecule has 2 aliphatic heterocycles. The summed E-state index contributed by atoms with van der Waals surface area (Å²) in [5.41, 5.74) is 1.95. The number of aliphatic hydroxyl groups excluding tert-OH is 1. The Labute approximate surface area is 203 Å². The number of hydrogen-bond acceptors (Lipinski definition) is 5. The highest BCUT2D eigenvalue weighted by Crippen LogP contribution is 2.49. The summed E-state index contributed by atoms with van der Waals surface area (Å²) in [4.78, 5) is 15.5. The second kappa shape index (κ2) is 9.54. The summed E-state index contributed by atoms with van der Waals surface area (Å²) in [6, 6.07) is 3.78. The Hall–Kier alpha value is -2.05. The molecule has 2 aromatic rings. The van der Waals surface area contributed by atoms with Gasteiger partial charge < -0.3 is 24.5 Å². The first-order valence-corrected chi connectivity index (χ1v) is 13.3. The minimum Gasteiger partial charge on any atom is -0.487 e. The predicted octanol–water partition coefficient (Wildman–Crippen LogP) is 5.36. The minimum absolute atomic E-state index is 0.183. The first-order valence-electron chi connectivity index (χ1n) is 13.3. The van der Waals surface area contributed by atoms with Gasteiger partial charge in [0.1, 0.15) is 16.9 Å². The summed E-state index contributed by atoms with van der Waals surface area (Å²) in [5, 5.41) is 15.0. The maximum absolute atomic E-state index is 13.0. The molecule has 6 heteroatoms. The van der Waals surface area contributed by atoms with Crippen LogP contribution < -0.4 is 10.1 Å². The zero-order chi connectivity index (χ0) is 23.9. The van der Waals surface area contributed by atoms with Crippen molar-refractivity contribution in [3.8, 4) is 5.75 Å². The fourth-order valence-electron chi connectivity index (χ4n) is 6.78. The van der Waals surface area contributed by atoms with E-state index in [2.05, 4.69) is 24.1 Å². The Bertz CT molecular complexity index is 1030. The first kappa shape index (κ1) is 23.7. The molecule has 1 saturated carbocycles. The number of carbonyl (C=O) groups is 1. The van der Waals surface area contributed by atoms with Crippen LogP contribution in [0.3, 0.4) is 0 Å². The highest BCUT2D eigenvalue weighted by molar-refractivity contribution is 6.00. The van der Waals surface area contributed by atoms with Gasteiger partial charge in [0.15, 0.2) is 5.76 Å². The fraction of sp³-hybridized carbons (Fsp3) is 0.679. The van der Waals surface area contributed by atoms with Crippen molar-refractivity contribution in [2.45, 2.75) is 83.8 Å². The van der Waals surface area contributed by atoms with Gasteiger partial charge in [-0.2, -0.15) is 0 Å². The molecule has 6 nitrogen and oxygen atoms in total. The molecule has 2 fully saturated rings. The molecule has 1 spiro atoms. The van der Waals surface area contributed by atoms with Crippen LogP contribution >= 0.6 is 0 Å². The van der Waals surface area contributed by atoms with E-state index in [0.717, 1.165) is 85.8 Å². The van der Waals surface area contributed by atoms with Crippen molar-refractivity contribution >= 4 is 16.9 Å². The van der Waals surface area contributed by atoms with Crippen LogP contribution in [0, 0.1) is 18.8 Å². The number of piperidine rings is 1. The molecule has 3 aliphatic rings. The third-order valence-corrected chi connectivity index (χ3v) is 8.17. The number of ether oxygens (including phenoxy) is 1. The van der Waals surface area contributed by atoms with E-state index in [1.807, 2.05) is 19.1 Å². The molecule has 5 rings (SSSR count). The van der Waals surface area contributed by atoms with Crippen LogP contribution in [0.25, 0.3) is 11.0 Å². The third-order valence-electron chi connectivity index (χ3n) is 8.17. The Morgan fingerprint density at radius 2 is 1.91 bits per heavy atom.